The van der Waals surface area contributed by atoms with Gasteiger partial charge in [0.1, 0.15) is 17.3 Å². The first kappa shape index (κ1) is 12.8. The third-order valence-corrected chi connectivity index (χ3v) is 3.50. The maximum absolute atomic E-state index is 14.2. The van der Waals surface area contributed by atoms with Crippen LogP contribution in [-0.4, -0.2) is 13.2 Å². The Kier molecular flexibility index (Phi) is 3.26. The van der Waals surface area contributed by atoms with Gasteiger partial charge in [-0.2, -0.15) is 0 Å². The molecule has 0 aliphatic heterocycles. The number of hydrogen-bond donors (Lipinski definition) is 1. The summed E-state index contributed by atoms with van der Waals surface area (Å²) in [6.45, 7) is 0.543. The second-order valence-corrected chi connectivity index (χ2v) is 4.98. The fourth-order valence-electron chi connectivity index (χ4n) is 2.32. The van der Waals surface area contributed by atoms with Crippen molar-refractivity contribution < 1.29 is 13.5 Å². The van der Waals surface area contributed by atoms with Gasteiger partial charge in [-0.3, -0.25) is 0 Å². The molecular weight excluding hydrogens is 259 g/mol. The molecule has 0 radical (unpaired) electrons. The third-order valence-electron chi connectivity index (χ3n) is 3.50. The number of anilines is 2. The van der Waals surface area contributed by atoms with E-state index < -0.39 is 0 Å². The fourth-order valence-corrected chi connectivity index (χ4v) is 2.32. The smallest absolute Gasteiger partial charge is 0.148 e. The molecule has 3 rings (SSSR count). The Labute approximate surface area is 116 Å². The molecule has 2 aromatic rings. The van der Waals surface area contributed by atoms with Gasteiger partial charge in [0.2, 0.25) is 0 Å². The van der Waals surface area contributed by atoms with Crippen LogP contribution in [-0.2, 0) is 6.54 Å². The van der Waals surface area contributed by atoms with Crippen molar-refractivity contribution in [1.29, 1.82) is 0 Å². The SMILES string of the molecule is COc1cc(N(Cc2ccco2)C2CC2)c(F)cc1N. The average molecular weight is 276 g/mol. The van der Waals surface area contributed by atoms with Crippen molar-refractivity contribution in [3.63, 3.8) is 0 Å². The van der Waals surface area contributed by atoms with Crippen molar-refractivity contribution >= 4 is 11.4 Å². The first-order valence-corrected chi connectivity index (χ1v) is 6.61. The largest absolute Gasteiger partial charge is 0.495 e. The lowest BCUT2D eigenvalue weighted by molar-refractivity contribution is 0.415. The number of nitrogen functional groups attached to an aromatic ring is 1. The van der Waals surface area contributed by atoms with Crippen LogP contribution in [0.15, 0.2) is 34.9 Å². The van der Waals surface area contributed by atoms with Crippen molar-refractivity contribution in [1.82, 2.24) is 0 Å². The molecule has 0 unspecified atom stereocenters. The van der Waals surface area contributed by atoms with Gasteiger partial charge < -0.3 is 19.8 Å². The minimum atomic E-state index is -0.332. The first-order chi connectivity index (χ1) is 9.69. The van der Waals surface area contributed by atoms with Crippen molar-refractivity contribution in [2.45, 2.75) is 25.4 Å². The lowest BCUT2D eigenvalue weighted by atomic mass is 10.2. The summed E-state index contributed by atoms with van der Waals surface area (Å²) in [5.74, 6) is 0.973. The molecule has 1 aromatic carbocycles. The van der Waals surface area contributed by atoms with Crippen LogP contribution >= 0.6 is 0 Å². The van der Waals surface area contributed by atoms with Gasteiger partial charge in [-0.05, 0) is 25.0 Å². The summed E-state index contributed by atoms with van der Waals surface area (Å²) in [6.07, 6.45) is 3.75. The van der Waals surface area contributed by atoms with Gasteiger partial charge in [-0.15, -0.1) is 0 Å². The molecule has 1 aromatic heterocycles. The summed E-state index contributed by atoms with van der Waals surface area (Å²) in [4.78, 5) is 2.01. The number of methoxy groups -OCH3 is 1. The van der Waals surface area contributed by atoms with Crippen LogP contribution in [0, 0.1) is 5.82 Å². The molecule has 106 valence electrons. The molecule has 1 aliphatic rings. The third kappa shape index (κ3) is 2.43. The lowest BCUT2D eigenvalue weighted by Crippen LogP contribution is -2.26. The quantitative estimate of drug-likeness (QED) is 0.852. The van der Waals surface area contributed by atoms with E-state index in [9.17, 15) is 4.39 Å². The molecule has 1 heterocycles. The Hall–Kier alpha value is -2.17. The number of benzene rings is 1. The second-order valence-electron chi connectivity index (χ2n) is 4.98. The predicted octanol–water partition coefficient (Wildman–Crippen LogP) is 3.18. The van der Waals surface area contributed by atoms with Crippen molar-refractivity contribution in [3.05, 3.63) is 42.1 Å². The second kappa shape index (κ2) is 5.07. The van der Waals surface area contributed by atoms with Crippen LogP contribution in [0.2, 0.25) is 0 Å². The van der Waals surface area contributed by atoms with E-state index in [4.69, 9.17) is 14.9 Å². The van der Waals surface area contributed by atoms with Crippen molar-refractivity contribution in [2.24, 2.45) is 0 Å². The minimum Gasteiger partial charge on any atom is -0.495 e. The van der Waals surface area contributed by atoms with Gasteiger partial charge in [0.15, 0.2) is 0 Å². The van der Waals surface area contributed by atoms with Crippen LogP contribution in [0.25, 0.3) is 0 Å². The van der Waals surface area contributed by atoms with Gasteiger partial charge in [-0.1, -0.05) is 0 Å². The Morgan fingerprint density at radius 2 is 2.25 bits per heavy atom. The summed E-state index contributed by atoms with van der Waals surface area (Å²) < 4.78 is 24.8. The Morgan fingerprint density at radius 1 is 1.45 bits per heavy atom. The van der Waals surface area contributed by atoms with E-state index >= 15 is 0 Å². The topological polar surface area (TPSA) is 51.6 Å². The molecule has 1 fully saturated rings. The summed E-state index contributed by atoms with van der Waals surface area (Å²) in [7, 11) is 1.53. The molecule has 0 spiro atoms. The number of hydrogen-bond acceptors (Lipinski definition) is 4. The molecule has 0 saturated heterocycles. The maximum Gasteiger partial charge on any atom is 0.148 e. The molecule has 1 aliphatic carbocycles. The molecular formula is C15H17FN2O2. The molecule has 0 amide bonds. The Balaban J connectivity index is 1.94. The van der Waals surface area contributed by atoms with E-state index in [1.807, 2.05) is 17.0 Å². The summed E-state index contributed by atoms with van der Waals surface area (Å²) in [5.41, 5.74) is 6.54. The highest BCUT2D eigenvalue weighted by Gasteiger charge is 2.32. The van der Waals surface area contributed by atoms with Gasteiger partial charge in [0.05, 0.1) is 31.3 Å². The molecule has 0 atom stereocenters. The van der Waals surface area contributed by atoms with E-state index in [0.29, 0.717) is 29.7 Å². The molecule has 5 heteroatoms. The van der Waals surface area contributed by atoms with Crippen molar-refractivity contribution in [3.8, 4) is 5.75 Å². The van der Waals surface area contributed by atoms with E-state index in [0.717, 1.165) is 18.6 Å². The van der Waals surface area contributed by atoms with Gasteiger partial charge in [0.25, 0.3) is 0 Å². The van der Waals surface area contributed by atoms with Crippen LogP contribution < -0.4 is 15.4 Å². The number of ether oxygens (including phenoxy) is 1. The van der Waals surface area contributed by atoms with Crippen LogP contribution in [0.3, 0.4) is 0 Å². The minimum absolute atomic E-state index is 0.308. The van der Waals surface area contributed by atoms with E-state index in [-0.39, 0.29) is 5.82 Å². The zero-order valence-corrected chi connectivity index (χ0v) is 11.3. The number of furan rings is 1. The zero-order chi connectivity index (χ0) is 14.1. The van der Waals surface area contributed by atoms with Gasteiger partial charge >= 0.3 is 0 Å². The van der Waals surface area contributed by atoms with Gasteiger partial charge in [-0.25, -0.2) is 4.39 Å². The summed E-state index contributed by atoms with van der Waals surface area (Å²) in [5, 5.41) is 0. The fraction of sp³-hybridized carbons (Fsp3) is 0.333. The molecule has 0 bridgehead atoms. The highest BCUT2D eigenvalue weighted by Crippen LogP contribution is 2.38. The monoisotopic (exact) mass is 276 g/mol. The lowest BCUT2D eigenvalue weighted by Gasteiger charge is -2.25. The first-order valence-electron chi connectivity index (χ1n) is 6.61. The number of rotatable bonds is 5. The van der Waals surface area contributed by atoms with E-state index in [2.05, 4.69) is 0 Å². The number of nitrogens with zero attached hydrogens (tertiary/aromatic N) is 1. The maximum atomic E-state index is 14.2. The Morgan fingerprint density at radius 3 is 2.85 bits per heavy atom. The van der Waals surface area contributed by atoms with E-state index in [1.165, 1.54) is 13.2 Å². The Bertz CT molecular complexity index is 594. The highest BCUT2D eigenvalue weighted by atomic mass is 19.1. The van der Waals surface area contributed by atoms with Crippen LogP contribution in [0.5, 0.6) is 5.75 Å². The molecule has 20 heavy (non-hydrogen) atoms. The molecule has 1 saturated carbocycles. The van der Waals surface area contributed by atoms with E-state index in [1.54, 1.807) is 12.3 Å². The zero-order valence-electron chi connectivity index (χ0n) is 11.3. The van der Waals surface area contributed by atoms with Gasteiger partial charge in [0, 0.05) is 18.2 Å². The van der Waals surface area contributed by atoms with Crippen molar-refractivity contribution in [2.75, 3.05) is 17.7 Å². The highest BCUT2D eigenvalue weighted by molar-refractivity contribution is 5.64. The normalized spacial score (nSPS) is 14.3. The average Bonchev–Trinajstić information content (AvgIpc) is 3.14. The van der Waals surface area contributed by atoms with Crippen LogP contribution in [0.4, 0.5) is 15.8 Å². The number of halogens is 1. The molecule has 4 nitrogen and oxygen atoms in total. The number of nitrogens with two attached hydrogens (primary N) is 1. The van der Waals surface area contributed by atoms with Crippen LogP contribution in [0.1, 0.15) is 18.6 Å². The summed E-state index contributed by atoms with van der Waals surface area (Å²) >= 11 is 0. The molecule has 2 N–H and O–H groups in total. The predicted molar refractivity (Wildman–Crippen MR) is 75.3 cm³/mol. The summed E-state index contributed by atoms with van der Waals surface area (Å²) in [6, 6.07) is 7.04. The standard InChI is InChI=1S/C15H17FN2O2/c1-19-15-8-14(12(16)7-13(15)17)18(10-4-5-10)9-11-3-2-6-20-11/h2-3,6-8,10H,4-5,9,17H2,1H3.